The minimum Gasteiger partial charge on any atom is -0.507 e. The Morgan fingerprint density at radius 3 is 2.29 bits per heavy atom. The van der Waals surface area contributed by atoms with E-state index in [4.69, 9.17) is 0 Å². The van der Waals surface area contributed by atoms with Crippen LogP contribution in [-0.4, -0.2) is 16.8 Å². The molecule has 1 unspecified atom stereocenters. The molecule has 0 radical (unpaired) electrons. The third kappa shape index (κ3) is 2.78. The molecule has 0 fully saturated rings. The zero-order valence-corrected chi connectivity index (χ0v) is 16.1. The number of ketones is 1. The molecular weight excluding hydrogens is 350 g/mol. The van der Waals surface area contributed by atoms with E-state index in [1.54, 1.807) is 25.1 Å². The number of nitrogens with zero attached hydrogens (tertiary/aromatic N) is 1. The predicted molar refractivity (Wildman–Crippen MR) is 109 cm³/mol. The second-order valence-electron chi connectivity index (χ2n) is 7.34. The average molecular weight is 371 g/mol. The van der Waals surface area contributed by atoms with E-state index in [-0.39, 0.29) is 23.0 Å². The van der Waals surface area contributed by atoms with Crippen molar-refractivity contribution in [1.82, 2.24) is 0 Å². The number of Topliss-reactive ketones (excluding diaryl/α,β-unsaturated/α-hetero) is 1. The number of hydrogen-bond donors (Lipinski definition) is 1. The van der Waals surface area contributed by atoms with Crippen LogP contribution in [0.1, 0.15) is 49.0 Å². The Bertz CT molecular complexity index is 1080. The molecule has 1 aliphatic rings. The van der Waals surface area contributed by atoms with Gasteiger partial charge in [-0.25, -0.2) is 0 Å². The predicted octanol–water partition coefficient (Wildman–Crippen LogP) is 4.90. The van der Waals surface area contributed by atoms with Gasteiger partial charge in [0.15, 0.2) is 5.78 Å². The summed E-state index contributed by atoms with van der Waals surface area (Å²) in [6.45, 7) is 5.65. The highest BCUT2D eigenvalue weighted by atomic mass is 16.3. The molecule has 140 valence electrons. The van der Waals surface area contributed by atoms with E-state index >= 15 is 0 Å². The van der Waals surface area contributed by atoms with Crippen LogP contribution in [0.15, 0.2) is 60.7 Å². The number of aryl methyl sites for hydroxylation is 3. The van der Waals surface area contributed by atoms with Crippen molar-refractivity contribution in [3.8, 4) is 5.75 Å². The van der Waals surface area contributed by atoms with Crippen molar-refractivity contribution < 1.29 is 14.7 Å². The van der Waals surface area contributed by atoms with Crippen LogP contribution in [0.4, 0.5) is 5.69 Å². The number of benzene rings is 3. The quantitative estimate of drug-likeness (QED) is 0.666. The lowest BCUT2D eigenvalue weighted by molar-refractivity contribution is 0.0914. The normalized spacial score (nSPS) is 15.6. The third-order valence-corrected chi connectivity index (χ3v) is 5.23. The molecule has 0 aliphatic carbocycles. The van der Waals surface area contributed by atoms with Crippen LogP contribution >= 0.6 is 0 Å². The Labute approximate surface area is 164 Å². The number of fused-ring (bicyclic) bond motifs is 1. The molecule has 4 rings (SSSR count). The summed E-state index contributed by atoms with van der Waals surface area (Å²) in [6.07, 6.45) is 0. The van der Waals surface area contributed by atoms with E-state index in [0.29, 0.717) is 22.4 Å². The van der Waals surface area contributed by atoms with Gasteiger partial charge in [-0.3, -0.25) is 14.5 Å². The molecular formula is C24H21NO3. The molecule has 0 aromatic heterocycles. The lowest BCUT2D eigenvalue weighted by Crippen LogP contribution is -2.33. The summed E-state index contributed by atoms with van der Waals surface area (Å²) in [4.78, 5) is 28.3. The van der Waals surface area contributed by atoms with Gasteiger partial charge in [0.2, 0.25) is 0 Å². The average Bonchev–Trinajstić information content (AvgIpc) is 2.94. The molecule has 1 aliphatic heterocycles. The molecule has 0 bridgehead atoms. The number of carbonyl (C=O) groups excluding carboxylic acids is 2. The Kier molecular flexibility index (Phi) is 4.27. The summed E-state index contributed by atoms with van der Waals surface area (Å²) in [5.74, 6) is -0.542. The first-order chi connectivity index (χ1) is 13.4. The lowest BCUT2D eigenvalue weighted by atomic mass is 9.92. The number of aromatic hydroxyl groups is 1. The van der Waals surface area contributed by atoms with E-state index in [1.807, 2.05) is 56.3 Å². The fraction of sp³-hybridized carbons (Fsp3) is 0.167. The van der Waals surface area contributed by atoms with Gasteiger partial charge in [0.25, 0.3) is 5.91 Å². The smallest absolute Gasteiger partial charge is 0.259 e. The largest absolute Gasteiger partial charge is 0.507 e. The molecule has 1 heterocycles. The van der Waals surface area contributed by atoms with Crippen molar-refractivity contribution >= 4 is 17.4 Å². The monoisotopic (exact) mass is 371 g/mol. The number of anilines is 1. The summed E-state index contributed by atoms with van der Waals surface area (Å²) in [7, 11) is 0. The molecule has 28 heavy (non-hydrogen) atoms. The van der Waals surface area contributed by atoms with Gasteiger partial charge >= 0.3 is 0 Å². The molecule has 1 amide bonds. The number of phenolic OH excluding ortho intramolecular Hbond substituents is 1. The summed E-state index contributed by atoms with van der Waals surface area (Å²) < 4.78 is 0. The van der Waals surface area contributed by atoms with Gasteiger partial charge in [0, 0.05) is 11.3 Å². The summed E-state index contributed by atoms with van der Waals surface area (Å²) in [6, 6.07) is 17.4. The third-order valence-electron chi connectivity index (χ3n) is 5.23. The number of rotatable bonds is 3. The fourth-order valence-corrected chi connectivity index (χ4v) is 3.95. The molecule has 3 aromatic rings. The summed E-state index contributed by atoms with van der Waals surface area (Å²) in [5, 5.41) is 10.5. The second-order valence-corrected chi connectivity index (χ2v) is 7.34. The van der Waals surface area contributed by atoms with Gasteiger partial charge in [-0.15, -0.1) is 0 Å². The minimum absolute atomic E-state index is 0.0526. The Balaban J connectivity index is 1.90. The number of amides is 1. The Morgan fingerprint density at radius 2 is 1.61 bits per heavy atom. The topological polar surface area (TPSA) is 57.6 Å². The first kappa shape index (κ1) is 18.0. The van der Waals surface area contributed by atoms with E-state index < -0.39 is 6.04 Å². The van der Waals surface area contributed by atoms with E-state index in [0.717, 1.165) is 11.1 Å². The van der Waals surface area contributed by atoms with Crippen LogP contribution in [-0.2, 0) is 0 Å². The zero-order chi connectivity index (χ0) is 20.0. The van der Waals surface area contributed by atoms with Crippen molar-refractivity contribution in [2.45, 2.75) is 26.8 Å². The molecule has 1 atom stereocenters. The lowest BCUT2D eigenvalue weighted by Gasteiger charge is -2.25. The van der Waals surface area contributed by atoms with Crippen molar-refractivity contribution in [1.29, 1.82) is 0 Å². The molecule has 1 N–H and O–H groups in total. The highest BCUT2D eigenvalue weighted by Gasteiger charge is 2.43. The van der Waals surface area contributed by atoms with Crippen molar-refractivity contribution in [3.63, 3.8) is 0 Å². The maximum atomic E-state index is 13.6. The van der Waals surface area contributed by atoms with Gasteiger partial charge in [0.1, 0.15) is 11.8 Å². The first-order valence-corrected chi connectivity index (χ1v) is 9.22. The van der Waals surface area contributed by atoms with Gasteiger partial charge in [0.05, 0.1) is 5.56 Å². The SMILES string of the molecule is Cc1ccc(N2C(=O)c3ccccc3C2C(=O)c2c(C)cc(C)cc2O)cc1. The van der Waals surface area contributed by atoms with E-state index in [9.17, 15) is 14.7 Å². The van der Waals surface area contributed by atoms with Gasteiger partial charge in [-0.2, -0.15) is 0 Å². The zero-order valence-electron chi connectivity index (χ0n) is 16.1. The first-order valence-electron chi connectivity index (χ1n) is 9.22. The number of phenols is 1. The molecule has 0 saturated heterocycles. The van der Waals surface area contributed by atoms with E-state index in [1.165, 1.54) is 4.90 Å². The Hall–Kier alpha value is -3.40. The highest BCUT2D eigenvalue weighted by Crippen LogP contribution is 2.41. The van der Waals surface area contributed by atoms with Crippen molar-refractivity contribution in [2.75, 3.05) is 4.90 Å². The van der Waals surface area contributed by atoms with Gasteiger partial charge in [-0.1, -0.05) is 42.0 Å². The minimum atomic E-state index is -0.807. The van der Waals surface area contributed by atoms with E-state index in [2.05, 4.69) is 0 Å². The van der Waals surface area contributed by atoms with Crippen LogP contribution < -0.4 is 4.90 Å². The van der Waals surface area contributed by atoms with Crippen LogP contribution in [0, 0.1) is 20.8 Å². The number of hydrogen-bond acceptors (Lipinski definition) is 3. The molecule has 4 nitrogen and oxygen atoms in total. The standard InChI is InChI=1S/C24H21NO3/c1-14-8-10-17(11-9-14)25-22(18-6-4-5-7-19(18)24(25)28)23(27)21-16(3)12-15(2)13-20(21)26/h4-13,22,26H,1-3H3. The van der Waals surface area contributed by atoms with Crippen molar-refractivity contribution in [2.24, 2.45) is 0 Å². The number of carbonyl (C=O) groups is 2. The molecule has 0 saturated carbocycles. The summed E-state index contributed by atoms with van der Waals surface area (Å²) >= 11 is 0. The Morgan fingerprint density at radius 1 is 0.929 bits per heavy atom. The second kappa shape index (κ2) is 6.64. The van der Waals surface area contributed by atoms with Crippen LogP contribution in [0.5, 0.6) is 5.75 Å². The van der Waals surface area contributed by atoms with Crippen LogP contribution in [0.3, 0.4) is 0 Å². The van der Waals surface area contributed by atoms with Crippen LogP contribution in [0.25, 0.3) is 0 Å². The van der Waals surface area contributed by atoms with Crippen molar-refractivity contribution in [3.05, 3.63) is 94.0 Å². The highest BCUT2D eigenvalue weighted by molar-refractivity contribution is 6.19. The van der Waals surface area contributed by atoms with Crippen LogP contribution in [0.2, 0.25) is 0 Å². The molecule has 4 heteroatoms. The molecule has 3 aromatic carbocycles. The fourth-order valence-electron chi connectivity index (χ4n) is 3.95. The van der Waals surface area contributed by atoms with Gasteiger partial charge < -0.3 is 5.11 Å². The maximum Gasteiger partial charge on any atom is 0.259 e. The summed E-state index contributed by atoms with van der Waals surface area (Å²) in [5.41, 5.74) is 4.76. The molecule has 0 spiro atoms. The van der Waals surface area contributed by atoms with Gasteiger partial charge in [-0.05, 0) is 61.7 Å². The maximum absolute atomic E-state index is 13.6.